The van der Waals surface area contributed by atoms with Gasteiger partial charge in [-0.1, -0.05) is 0 Å². The largest absolute Gasteiger partial charge is 2.00 e. The van der Waals surface area contributed by atoms with Crippen LogP contribution in [0.15, 0.2) is 12.2 Å². The Morgan fingerprint density at radius 1 is 1.05 bits per heavy atom. The second-order valence-electron chi connectivity index (χ2n) is 3.51. The summed E-state index contributed by atoms with van der Waals surface area (Å²) in [7, 11) is 0. The van der Waals surface area contributed by atoms with Crippen molar-refractivity contribution in [3.05, 3.63) is 12.2 Å². The fourth-order valence-electron chi connectivity index (χ4n) is 1.01. The number of carboxylic acids is 3. The van der Waals surface area contributed by atoms with Crippen LogP contribution in [0.25, 0.3) is 0 Å². The number of esters is 2. The maximum Gasteiger partial charge on any atom is 2.00 e. The standard InChI is InChI=1S/C10H10O10.Ca/c11-5(12)1-2-7(15)20-8(16)4-10(19,9(17)18)3-6(13)14;/h1-2,19H,3-4H2,(H,11,12)(H,13,14)(H,17,18);/q;+2/p-2/b2-1-;. The molecule has 0 fully saturated rings. The van der Waals surface area contributed by atoms with Gasteiger partial charge in [0.05, 0.1) is 12.4 Å². The van der Waals surface area contributed by atoms with Crippen molar-refractivity contribution in [3.63, 3.8) is 0 Å². The third-order valence-corrected chi connectivity index (χ3v) is 1.83. The van der Waals surface area contributed by atoms with Crippen LogP contribution in [0.5, 0.6) is 0 Å². The van der Waals surface area contributed by atoms with E-state index < -0.39 is 48.3 Å². The SMILES string of the molecule is O=C(O)/C=C\C(=O)OC(=O)CC(O)(CC(=O)[O-])C(=O)[O-].[Ca+2]. The van der Waals surface area contributed by atoms with Crippen molar-refractivity contribution in [3.8, 4) is 0 Å². The molecule has 0 aliphatic rings. The summed E-state index contributed by atoms with van der Waals surface area (Å²) in [5.41, 5.74) is -3.10. The van der Waals surface area contributed by atoms with Gasteiger partial charge in [-0.3, -0.25) is 4.79 Å². The Morgan fingerprint density at radius 3 is 1.95 bits per heavy atom. The number of carbonyl (C=O) groups excluding carboxylic acids is 4. The van der Waals surface area contributed by atoms with Gasteiger partial charge in [0.15, 0.2) is 0 Å². The van der Waals surface area contributed by atoms with Gasteiger partial charge in [0.1, 0.15) is 5.60 Å². The van der Waals surface area contributed by atoms with Gasteiger partial charge in [0.25, 0.3) is 0 Å². The van der Waals surface area contributed by atoms with Crippen LogP contribution in [-0.4, -0.2) is 83.4 Å². The summed E-state index contributed by atoms with van der Waals surface area (Å²) >= 11 is 0. The topological polar surface area (TPSA) is 181 Å². The molecule has 0 aromatic rings. The number of aliphatic hydroxyl groups is 1. The van der Waals surface area contributed by atoms with E-state index in [2.05, 4.69) is 4.74 Å². The number of rotatable bonds is 7. The predicted octanol–water partition coefficient (Wildman–Crippen LogP) is -4.67. The molecule has 0 bridgehead atoms. The molecule has 21 heavy (non-hydrogen) atoms. The quantitative estimate of drug-likeness (QED) is 0.199. The van der Waals surface area contributed by atoms with Gasteiger partial charge >= 0.3 is 55.6 Å². The van der Waals surface area contributed by atoms with E-state index in [1.807, 2.05) is 0 Å². The Kier molecular flexibility index (Phi) is 9.81. The fourth-order valence-corrected chi connectivity index (χ4v) is 1.01. The molecule has 0 heterocycles. The smallest absolute Gasteiger partial charge is 0.550 e. The summed E-state index contributed by atoms with van der Waals surface area (Å²) in [5, 5.41) is 38.3. The van der Waals surface area contributed by atoms with Crippen LogP contribution in [0.1, 0.15) is 12.8 Å². The molecule has 110 valence electrons. The first-order valence-electron chi connectivity index (χ1n) is 4.86. The van der Waals surface area contributed by atoms with Crippen LogP contribution in [0.3, 0.4) is 0 Å². The zero-order valence-electron chi connectivity index (χ0n) is 10.4. The van der Waals surface area contributed by atoms with E-state index in [9.17, 15) is 39.3 Å². The van der Waals surface area contributed by atoms with Crippen molar-refractivity contribution < 1.29 is 49.1 Å². The molecule has 0 aromatic heterocycles. The molecule has 1 atom stereocenters. The minimum absolute atomic E-state index is 0. The molecule has 0 aliphatic heterocycles. The summed E-state index contributed by atoms with van der Waals surface area (Å²) in [4.78, 5) is 52.8. The number of carboxylic acid groups (broad SMARTS) is 3. The monoisotopic (exact) mass is 328 g/mol. The van der Waals surface area contributed by atoms with Crippen molar-refractivity contribution in [2.75, 3.05) is 0 Å². The van der Waals surface area contributed by atoms with Gasteiger partial charge < -0.3 is 34.8 Å². The first kappa shape index (κ1) is 21.8. The van der Waals surface area contributed by atoms with Crippen molar-refractivity contribution in [1.29, 1.82) is 0 Å². The van der Waals surface area contributed by atoms with Crippen molar-refractivity contribution in [1.82, 2.24) is 0 Å². The van der Waals surface area contributed by atoms with Crippen LogP contribution < -0.4 is 10.2 Å². The second kappa shape index (κ2) is 9.45. The molecule has 0 spiro atoms. The number of aliphatic carboxylic acids is 3. The normalized spacial score (nSPS) is 12.8. The molecule has 0 saturated carbocycles. The Hall–Kier alpha value is -1.49. The van der Waals surface area contributed by atoms with Crippen molar-refractivity contribution >= 4 is 67.6 Å². The zero-order valence-corrected chi connectivity index (χ0v) is 12.6. The van der Waals surface area contributed by atoms with E-state index in [0.29, 0.717) is 12.2 Å². The summed E-state index contributed by atoms with van der Waals surface area (Å²) in [6, 6.07) is 0. The first-order valence-corrected chi connectivity index (χ1v) is 4.86. The molecule has 0 aromatic carbocycles. The second-order valence-corrected chi connectivity index (χ2v) is 3.51. The number of carbonyl (C=O) groups is 5. The van der Waals surface area contributed by atoms with Crippen LogP contribution in [0, 0.1) is 0 Å². The molecule has 0 radical (unpaired) electrons. The number of hydrogen-bond acceptors (Lipinski definition) is 9. The van der Waals surface area contributed by atoms with Gasteiger partial charge in [-0.15, -0.1) is 0 Å². The van der Waals surface area contributed by atoms with Gasteiger partial charge in [0, 0.05) is 24.5 Å². The molecular formula is C10H8CaO10. The van der Waals surface area contributed by atoms with Crippen LogP contribution >= 0.6 is 0 Å². The Labute approximate surface area is 147 Å². The molecule has 10 nitrogen and oxygen atoms in total. The predicted molar refractivity (Wildman–Crippen MR) is 57.8 cm³/mol. The van der Waals surface area contributed by atoms with Gasteiger partial charge in [-0.2, -0.15) is 0 Å². The number of hydrogen-bond donors (Lipinski definition) is 2. The maximum absolute atomic E-state index is 11.1. The van der Waals surface area contributed by atoms with Gasteiger partial charge in [0.2, 0.25) is 0 Å². The molecule has 0 aliphatic carbocycles. The van der Waals surface area contributed by atoms with Crippen LogP contribution in [-0.2, 0) is 28.7 Å². The minimum atomic E-state index is -3.10. The summed E-state index contributed by atoms with van der Waals surface area (Å²) in [5.74, 6) is -8.77. The molecule has 0 rings (SSSR count). The molecular weight excluding hydrogens is 320 g/mol. The van der Waals surface area contributed by atoms with E-state index >= 15 is 0 Å². The van der Waals surface area contributed by atoms with Gasteiger partial charge in [-0.25, -0.2) is 9.59 Å². The van der Waals surface area contributed by atoms with Gasteiger partial charge in [-0.05, 0) is 0 Å². The molecule has 0 saturated heterocycles. The first-order chi connectivity index (χ1) is 9.06. The molecule has 2 N–H and O–H groups in total. The van der Waals surface area contributed by atoms with Crippen molar-refractivity contribution in [2.45, 2.75) is 18.4 Å². The summed E-state index contributed by atoms with van der Waals surface area (Å²) < 4.78 is 3.94. The zero-order chi connectivity index (χ0) is 15.9. The summed E-state index contributed by atoms with van der Waals surface area (Å²) in [6.45, 7) is 0. The van der Waals surface area contributed by atoms with Crippen molar-refractivity contribution in [2.24, 2.45) is 0 Å². The van der Waals surface area contributed by atoms with E-state index in [0.717, 1.165) is 0 Å². The Bertz CT molecular complexity index is 482. The van der Waals surface area contributed by atoms with E-state index in [1.54, 1.807) is 0 Å². The van der Waals surface area contributed by atoms with E-state index in [-0.39, 0.29) is 37.7 Å². The average molecular weight is 328 g/mol. The summed E-state index contributed by atoms with van der Waals surface area (Å²) in [6.07, 6.45) is -2.14. The average Bonchev–Trinajstić information content (AvgIpc) is 2.24. The minimum Gasteiger partial charge on any atom is -0.550 e. The van der Waals surface area contributed by atoms with E-state index in [4.69, 9.17) is 5.11 Å². The number of ether oxygens (including phenoxy) is 1. The molecule has 0 amide bonds. The molecule has 11 heteroatoms. The van der Waals surface area contributed by atoms with E-state index in [1.165, 1.54) is 0 Å². The Morgan fingerprint density at radius 2 is 1.57 bits per heavy atom. The maximum atomic E-state index is 11.1. The van der Waals surface area contributed by atoms with Crippen LogP contribution in [0.2, 0.25) is 0 Å². The third-order valence-electron chi connectivity index (χ3n) is 1.83. The Balaban J connectivity index is 0. The molecule has 1 unspecified atom stereocenters. The van der Waals surface area contributed by atoms with Crippen LogP contribution in [0.4, 0.5) is 0 Å². The fraction of sp³-hybridized carbons (Fsp3) is 0.300. The third kappa shape index (κ3) is 9.13.